The maximum absolute atomic E-state index is 10.9. The van der Waals surface area contributed by atoms with Crippen LogP contribution >= 0.6 is 11.6 Å². The van der Waals surface area contributed by atoms with Crippen molar-refractivity contribution in [1.29, 1.82) is 0 Å². The fourth-order valence-electron chi connectivity index (χ4n) is 2.59. The first-order valence-electron chi connectivity index (χ1n) is 9.14. The maximum Gasteiger partial charge on any atom is 0.234 e. The summed E-state index contributed by atoms with van der Waals surface area (Å²) in [6.45, 7) is 3.06. The highest BCUT2D eigenvalue weighted by Gasteiger charge is 1.97. The third-order valence-electron chi connectivity index (χ3n) is 3.97. The number of halogens is 1. The Balaban J connectivity index is 2.98. The first-order valence-corrected chi connectivity index (χ1v) is 9.67. The molecule has 0 fully saturated rings. The molecule has 0 radical (unpaired) electrons. The van der Waals surface area contributed by atoms with Gasteiger partial charge in [0.15, 0.2) is 0 Å². The maximum atomic E-state index is 10.9. The van der Waals surface area contributed by atoms with E-state index in [0.717, 1.165) is 13.0 Å². The predicted octanol–water partition coefficient (Wildman–Crippen LogP) is 5.82. The number of amides is 1. The average Bonchev–Trinajstić information content (AvgIpc) is 2.50. The van der Waals surface area contributed by atoms with Gasteiger partial charge in [-0.25, -0.2) is 0 Å². The molecule has 0 aromatic heterocycles. The Morgan fingerprint density at radius 1 is 0.714 bits per heavy atom. The van der Waals surface area contributed by atoms with Gasteiger partial charge in [-0.2, -0.15) is 0 Å². The summed E-state index contributed by atoms with van der Waals surface area (Å²) >= 11 is 5.40. The molecule has 0 aromatic carbocycles. The first kappa shape index (κ1) is 20.8. The van der Waals surface area contributed by atoms with E-state index < -0.39 is 0 Å². The van der Waals surface area contributed by atoms with E-state index in [-0.39, 0.29) is 11.8 Å². The lowest BCUT2D eigenvalue weighted by Gasteiger charge is -2.04. The van der Waals surface area contributed by atoms with E-state index in [9.17, 15) is 4.79 Å². The molecule has 0 aliphatic heterocycles. The van der Waals surface area contributed by atoms with Gasteiger partial charge in [-0.3, -0.25) is 4.79 Å². The number of alkyl halides is 1. The van der Waals surface area contributed by atoms with Crippen LogP contribution in [0.15, 0.2) is 0 Å². The third-order valence-corrected chi connectivity index (χ3v) is 4.22. The zero-order valence-corrected chi connectivity index (χ0v) is 14.9. The Morgan fingerprint density at radius 3 is 1.48 bits per heavy atom. The highest BCUT2D eigenvalue weighted by atomic mass is 35.5. The first-order chi connectivity index (χ1) is 10.3. The van der Waals surface area contributed by atoms with E-state index in [2.05, 4.69) is 12.2 Å². The Hall–Kier alpha value is -0.240. The van der Waals surface area contributed by atoms with Crippen molar-refractivity contribution in [3.05, 3.63) is 0 Å². The van der Waals surface area contributed by atoms with Crippen molar-refractivity contribution in [2.45, 2.75) is 96.8 Å². The Labute approximate surface area is 137 Å². The van der Waals surface area contributed by atoms with Crippen molar-refractivity contribution >= 4 is 17.5 Å². The highest BCUT2D eigenvalue weighted by molar-refractivity contribution is 6.27. The van der Waals surface area contributed by atoms with Crippen LogP contribution in [-0.4, -0.2) is 18.3 Å². The molecular formula is C18H36ClNO. The second-order valence-electron chi connectivity index (χ2n) is 6.08. The van der Waals surface area contributed by atoms with Crippen LogP contribution in [0.25, 0.3) is 0 Å². The van der Waals surface area contributed by atoms with Crippen molar-refractivity contribution < 1.29 is 4.79 Å². The molecule has 3 heteroatoms. The summed E-state index contributed by atoms with van der Waals surface area (Å²) in [7, 11) is 0. The van der Waals surface area contributed by atoms with Gasteiger partial charge in [-0.1, -0.05) is 90.4 Å². The quantitative estimate of drug-likeness (QED) is 0.282. The molecule has 0 aromatic rings. The molecule has 0 bridgehead atoms. The lowest BCUT2D eigenvalue weighted by atomic mass is 10.0. The van der Waals surface area contributed by atoms with Crippen LogP contribution in [0, 0.1) is 0 Å². The standard InChI is InChI=1S/C18H36ClNO/c1-2-3-4-5-6-7-8-9-10-11-12-13-14-15-16-20-18(21)17-19/h2-17H2,1H3,(H,20,21). The van der Waals surface area contributed by atoms with E-state index in [1.54, 1.807) is 0 Å². The van der Waals surface area contributed by atoms with Gasteiger partial charge < -0.3 is 5.32 Å². The number of carbonyl (C=O) groups is 1. The van der Waals surface area contributed by atoms with Crippen LogP contribution in [0.4, 0.5) is 0 Å². The molecule has 1 amide bonds. The fraction of sp³-hybridized carbons (Fsp3) is 0.944. The van der Waals surface area contributed by atoms with Crippen LogP contribution in [0.5, 0.6) is 0 Å². The van der Waals surface area contributed by atoms with E-state index in [4.69, 9.17) is 11.6 Å². The van der Waals surface area contributed by atoms with E-state index in [1.807, 2.05) is 0 Å². The van der Waals surface area contributed by atoms with Gasteiger partial charge in [0.1, 0.15) is 5.88 Å². The van der Waals surface area contributed by atoms with E-state index >= 15 is 0 Å². The molecular weight excluding hydrogens is 282 g/mol. The number of hydrogen-bond donors (Lipinski definition) is 1. The summed E-state index contributed by atoms with van der Waals surface area (Å²) in [4.78, 5) is 10.9. The Morgan fingerprint density at radius 2 is 1.10 bits per heavy atom. The lowest BCUT2D eigenvalue weighted by molar-refractivity contribution is -0.118. The number of rotatable bonds is 16. The fourth-order valence-corrected chi connectivity index (χ4v) is 2.69. The molecule has 0 spiro atoms. The Bertz CT molecular complexity index is 221. The number of nitrogens with one attached hydrogen (secondary N) is 1. The van der Waals surface area contributed by atoms with Gasteiger partial charge in [-0.15, -0.1) is 11.6 Å². The molecule has 0 rings (SSSR count). The predicted molar refractivity (Wildman–Crippen MR) is 94.0 cm³/mol. The second-order valence-corrected chi connectivity index (χ2v) is 6.35. The van der Waals surface area contributed by atoms with Crippen LogP contribution in [0.1, 0.15) is 96.8 Å². The second kappa shape index (κ2) is 17.8. The molecule has 0 aliphatic carbocycles. The van der Waals surface area contributed by atoms with Crippen molar-refractivity contribution in [3.63, 3.8) is 0 Å². The molecule has 0 saturated heterocycles. The van der Waals surface area contributed by atoms with Gasteiger partial charge in [0.25, 0.3) is 0 Å². The molecule has 126 valence electrons. The minimum Gasteiger partial charge on any atom is -0.355 e. The smallest absolute Gasteiger partial charge is 0.234 e. The molecule has 21 heavy (non-hydrogen) atoms. The van der Waals surface area contributed by atoms with Crippen LogP contribution in [-0.2, 0) is 4.79 Å². The molecule has 0 saturated carbocycles. The van der Waals surface area contributed by atoms with E-state index in [0.29, 0.717) is 0 Å². The van der Waals surface area contributed by atoms with Crippen molar-refractivity contribution in [3.8, 4) is 0 Å². The number of hydrogen-bond acceptors (Lipinski definition) is 1. The summed E-state index contributed by atoms with van der Waals surface area (Å²) in [6.07, 6.45) is 19.1. The van der Waals surface area contributed by atoms with Crippen LogP contribution in [0.3, 0.4) is 0 Å². The molecule has 0 unspecified atom stereocenters. The summed E-state index contributed by atoms with van der Waals surface area (Å²) in [6, 6.07) is 0. The van der Waals surface area contributed by atoms with Gasteiger partial charge in [0.05, 0.1) is 0 Å². The molecule has 2 nitrogen and oxygen atoms in total. The minimum atomic E-state index is -0.0497. The van der Waals surface area contributed by atoms with Gasteiger partial charge in [0, 0.05) is 6.54 Å². The lowest BCUT2D eigenvalue weighted by Crippen LogP contribution is -2.25. The summed E-state index contributed by atoms with van der Waals surface area (Å²) in [5.74, 6) is 0.0323. The molecule has 0 atom stereocenters. The average molecular weight is 318 g/mol. The monoisotopic (exact) mass is 317 g/mol. The van der Waals surface area contributed by atoms with Crippen LogP contribution in [0.2, 0.25) is 0 Å². The summed E-state index contributed by atoms with van der Waals surface area (Å²) in [5, 5.41) is 2.80. The molecule has 0 aliphatic rings. The molecule has 1 N–H and O–H groups in total. The van der Waals surface area contributed by atoms with Gasteiger partial charge in [-0.05, 0) is 6.42 Å². The largest absolute Gasteiger partial charge is 0.355 e. The zero-order chi connectivity index (χ0) is 15.6. The third kappa shape index (κ3) is 17.7. The topological polar surface area (TPSA) is 29.1 Å². The van der Waals surface area contributed by atoms with E-state index in [1.165, 1.54) is 83.5 Å². The molecule has 0 heterocycles. The summed E-state index contributed by atoms with van der Waals surface area (Å²) < 4.78 is 0. The van der Waals surface area contributed by atoms with Crippen molar-refractivity contribution in [2.75, 3.05) is 12.4 Å². The Kier molecular flexibility index (Phi) is 17.6. The van der Waals surface area contributed by atoms with Crippen molar-refractivity contribution in [1.82, 2.24) is 5.32 Å². The zero-order valence-electron chi connectivity index (χ0n) is 14.1. The van der Waals surface area contributed by atoms with Gasteiger partial charge >= 0.3 is 0 Å². The van der Waals surface area contributed by atoms with Gasteiger partial charge in [0.2, 0.25) is 5.91 Å². The SMILES string of the molecule is CCCCCCCCCCCCCCCCNC(=O)CCl. The summed E-state index contributed by atoms with van der Waals surface area (Å²) in [5.41, 5.74) is 0. The minimum absolute atomic E-state index is 0.0497. The number of unbranched alkanes of at least 4 members (excludes halogenated alkanes) is 13. The van der Waals surface area contributed by atoms with Crippen LogP contribution < -0.4 is 5.32 Å². The number of carbonyl (C=O) groups excluding carboxylic acids is 1. The normalized spacial score (nSPS) is 10.8. The van der Waals surface area contributed by atoms with Crippen molar-refractivity contribution in [2.24, 2.45) is 0 Å². The highest BCUT2D eigenvalue weighted by Crippen LogP contribution is 2.12.